The third kappa shape index (κ3) is 3.63. The monoisotopic (exact) mass is 338 g/mol. The van der Waals surface area contributed by atoms with Gasteiger partial charge >= 0.3 is 0 Å². The summed E-state index contributed by atoms with van der Waals surface area (Å²) in [4.78, 5) is 22.7. The molecule has 0 aliphatic heterocycles. The second-order valence-corrected chi connectivity index (χ2v) is 5.16. The van der Waals surface area contributed by atoms with Crippen molar-refractivity contribution in [1.29, 1.82) is 0 Å². The van der Waals surface area contributed by atoms with Crippen LogP contribution in [-0.2, 0) is 0 Å². The van der Waals surface area contributed by atoms with Crippen molar-refractivity contribution < 1.29 is 14.5 Å². The molecule has 8 heteroatoms. The Morgan fingerprint density at radius 2 is 2.00 bits per heavy atom. The summed E-state index contributed by atoms with van der Waals surface area (Å²) in [5.74, 6) is 0.553. The fourth-order valence-electron chi connectivity index (χ4n) is 2.27. The number of hydrogen-bond acceptors (Lipinski definition) is 5. The van der Waals surface area contributed by atoms with Crippen molar-refractivity contribution in [3.05, 3.63) is 70.3 Å². The lowest BCUT2D eigenvalue weighted by Gasteiger charge is -2.04. The second kappa shape index (κ2) is 6.83. The highest BCUT2D eigenvalue weighted by Gasteiger charge is 2.12. The normalized spacial score (nSPS) is 10.3. The quantitative estimate of drug-likeness (QED) is 0.548. The van der Waals surface area contributed by atoms with Gasteiger partial charge in [-0.1, -0.05) is 18.2 Å². The molecular formula is C17H14N4O4. The van der Waals surface area contributed by atoms with Crippen molar-refractivity contribution in [3.8, 4) is 17.0 Å². The van der Waals surface area contributed by atoms with Gasteiger partial charge in [0.25, 0.3) is 11.6 Å². The largest absolute Gasteiger partial charge is 0.497 e. The smallest absolute Gasteiger partial charge is 0.270 e. The Balaban J connectivity index is 1.78. The van der Waals surface area contributed by atoms with Crippen LogP contribution in [0.25, 0.3) is 11.3 Å². The lowest BCUT2D eigenvalue weighted by molar-refractivity contribution is -0.384. The van der Waals surface area contributed by atoms with Crippen LogP contribution in [0.2, 0.25) is 0 Å². The standard InChI is InChI=1S/C17H14N4O4/c1-25-14-7-3-5-12(9-14)17(22)18-16-10-15(19-20-16)11-4-2-6-13(8-11)21(23)24/h2-10H,1H3,(H2,18,19,20,22). The van der Waals surface area contributed by atoms with Crippen molar-refractivity contribution in [3.63, 3.8) is 0 Å². The minimum absolute atomic E-state index is 0.0194. The zero-order valence-corrected chi connectivity index (χ0v) is 13.2. The number of non-ortho nitro benzene ring substituents is 1. The minimum atomic E-state index is -0.467. The first-order valence-corrected chi connectivity index (χ1v) is 7.32. The van der Waals surface area contributed by atoms with E-state index in [-0.39, 0.29) is 11.6 Å². The van der Waals surface area contributed by atoms with Gasteiger partial charge in [-0.05, 0) is 18.2 Å². The van der Waals surface area contributed by atoms with Gasteiger partial charge < -0.3 is 10.1 Å². The van der Waals surface area contributed by atoms with E-state index in [4.69, 9.17) is 4.74 Å². The Bertz CT molecular complexity index is 936. The summed E-state index contributed by atoms with van der Waals surface area (Å²) in [6.45, 7) is 0. The first-order chi connectivity index (χ1) is 12.1. The average molecular weight is 338 g/mol. The number of methoxy groups -OCH3 is 1. The number of rotatable bonds is 5. The maximum Gasteiger partial charge on any atom is 0.270 e. The molecule has 0 unspecified atom stereocenters. The second-order valence-electron chi connectivity index (χ2n) is 5.16. The maximum absolute atomic E-state index is 12.3. The van der Waals surface area contributed by atoms with Crippen LogP contribution in [0.4, 0.5) is 11.5 Å². The van der Waals surface area contributed by atoms with E-state index in [1.807, 2.05) is 0 Å². The molecule has 2 N–H and O–H groups in total. The summed E-state index contributed by atoms with van der Waals surface area (Å²) >= 11 is 0. The van der Waals surface area contributed by atoms with Crippen LogP contribution in [0.5, 0.6) is 5.75 Å². The van der Waals surface area contributed by atoms with Crippen LogP contribution in [0, 0.1) is 10.1 Å². The zero-order valence-electron chi connectivity index (χ0n) is 13.2. The van der Waals surface area contributed by atoms with E-state index >= 15 is 0 Å². The van der Waals surface area contributed by atoms with Gasteiger partial charge in [-0.25, -0.2) is 0 Å². The van der Waals surface area contributed by atoms with Gasteiger partial charge in [-0.3, -0.25) is 20.0 Å². The number of nitro benzene ring substituents is 1. The number of ether oxygens (including phenoxy) is 1. The number of nitrogens with zero attached hydrogens (tertiary/aromatic N) is 2. The number of H-pyrrole nitrogens is 1. The first-order valence-electron chi connectivity index (χ1n) is 7.32. The number of aromatic amines is 1. The van der Waals surface area contributed by atoms with E-state index in [1.54, 1.807) is 42.5 Å². The number of aromatic nitrogens is 2. The van der Waals surface area contributed by atoms with Crippen molar-refractivity contribution in [2.75, 3.05) is 12.4 Å². The van der Waals surface area contributed by atoms with Gasteiger partial charge in [-0.2, -0.15) is 5.10 Å². The number of nitrogens with one attached hydrogen (secondary N) is 2. The SMILES string of the molecule is COc1cccc(C(=O)Nc2cc(-c3cccc([N+](=O)[O-])c3)[nH]n2)c1. The fraction of sp³-hybridized carbons (Fsp3) is 0.0588. The molecule has 1 aromatic heterocycles. The molecule has 1 amide bonds. The number of hydrogen-bond donors (Lipinski definition) is 2. The van der Waals surface area contributed by atoms with Crippen LogP contribution in [0.1, 0.15) is 10.4 Å². The molecule has 25 heavy (non-hydrogen) atoms. The van der Waals surface area contributed by atoms with Gasteiger partial charge in [0.15, 0.2) is 5.82 Å². The highest BCUT2D eigenvalue weighted by atomic mass is 16.6. The highest BCUT2D eigenvalue weighted by Crippen LogP contribution is 2.24. The molecule has 0 fully saturated rings. The van der Waals surface area contributed by atoms with Crippen LogP contribution >= 0.6 is 0 Å². The average Bonchev–Trinajstić information content (AvgIpc) is 3.10. The van der Waals surface area contributed by atoms with Crippen molar-refractivity contribution in [2.45, 2.75) is 0 Å². The molecule has 0 aliphatic rings. The summed E-state index contributed by atoms with van der Waals surface area (Å²) in [5, 5.41) is 20.3. The highest BCUT2D eigenvalue weighted by molar-refractivity contribution is 6.04. The molecular weight excluding hydrogens is 324 g/mol. The van der Waals surface area contributed by atoms with Crippen LogP contribution < -0.4 is 10.1 Å². The lowest BCUT2D eigenvalue weighted by atomic mass is 10.1. The predicted octanol–water partition coefficient (Wildman–Crippen LogP) is 3.25. The van der Waals surface area contributed by atoms with E-state index in [0.29, 0.717) is 28.4 Å². The number of carbonyl (C=O) groups excluding carboxylic acids is 1. The van der Waals surface area contributed by atoms with Gasteiger partial charge in [0, 0.05) is 29.3 Å². The Labute approximate surface area is 142 Å². The van der Waals surface area contributed by atoms with Crippen LogP contribution in [-0.4, -0.2) is 28.1 Å². The Kier molecular flexibility index (Phi) is 4.42. The summed E-state index contributed by atoms with van der Waals surface area (Å²) in [7, 11) is 1.52. The van der Waals surface area contributed by atoms with Crippen molar-refractivity contribution in [2.24, 2.45) is 0 Å². The molecule has 8 nitrogen and oxygen atoms in total. The minimum Gasteiger partial charge on any atom is -0.497 e. The Morgan fingerprint density at radius 3 is 2.76 bits per heavy atom. The number of carbonyl (C=O) groups is 1. The predicted molar refractivity (Wildman–Crippen MR) is 91.6 cm³/mol. The van der Waals surface area contributed by atoms with E-state index in [9.17, 15) is 14.9 Å². The van der Waals surface area contributed by atoms with E-state index in [2.05, 4.69) is 15.5 Å². The lowest BCUT2D eigenvalue weighted by Crippen LogP contribution is -2.12. The molecule has 3 rings (SSSR count). The van der Waals surface area contributed by atoms with Crippen LogP contribution in [0.15, 0.2) is 54.6 Å². The van der Waals surface area contributed by atoms with Gasteiger partial charge in [0.1, 0.15) is 5.75 Å². The number of benzene rings is 2. The Hall–Kier alpha value is -3.68. The zero-order chi connectivity index (χ0) is 17.8. The van der Waals surface area contributed by atoms with Gasteiger partial charge in [0.05, 0.1) is 17.7 Å². The van der Waals surface area contributed by atoms with Crippen molar-refractivity contribution in [1.82, 2.24) is 10.2 Å². The van der Waals surface area contributed by atoms with Gasteiger partial charge in [0.2, 0.25) is 0 Å². The molecule has 1 heterocycles. The molecule has 0 saturated carbocycles. The molecule has 0 spiro atoms. The maximum atomic E-state index is 12.3. The molecule has 0 saturated heterocycles. The summed E-state index contributed by atoms with van der Waals surface area (Å²) in [6.07, 6.45) is 0. The van der Waals surface area contributed by atoms with E-state index < -0.39 is 4.92 Å². The summed E-state index contributed by atoms with van der Waals surface area (Å²) < 4.78 is 5.09. The first kappa shape index (κ1) is 16.2. The third-order valence-electron chi connectivity index (χ3n) is 3.52. The number of amides is 1. The molecule has 126 valence electrons. The number of anilines is 1. The third-order valence-corrected chi connectivity index (χ3v) is 3.52. The molecule has 2 aromatic carbocycles. The molecule has 0 aliphatic carbocycles. The van der Waals surface area contributed by atoms with Crippen molar-refractivity contribution >= 4 is 17.4 Å². The summed E-state index contributed by atoms with van der Waals surface area (Å²) in [5.41, 5.74) is 1.57. The van der Waals surface area contributed by atoms with E-state index in [0.717, 1.165) is 0 Å². The molecule has 0 bridgehead atoms. The van der Waals surface area contributed by atoms with E-state index in [1.165, 1.54) is 19.2 Å². The number of nitro groups is 1. The topological polar surface area (TPSA) is 110 Å². The summed E-state index contributed by atoms with van der Waals surface area (Å²) in [6, 6.07) is 14.5. The van der Waals surface area contributed by atoms with Gasteiger partial charge in [-0.15, -0.1) is 0 Å². The Morgan fingerprint density at radius 1 is 1.20 bits per heavy atom. The fourth-order valence-corrected chi connectivity index (χ4v) is 2.27. The van der Waals surface area contributed by atoms with Crippen LogP contribution in [0.3, 0.4) is 0 Å². The molecule has 0 atom stereocenters. The molecule has 0 radical (unpaired) electrons. The molecule has 3 aromatic rings.